The molecule has 1 N–H and O–H groups in total. The molecule has 106 valence electrons. The van der Waals surface area contributed by atoms with Crippen molar-refractivity contribution in [3.63, 3.8) is 0 Å². The first-order valence-corrected chi connectivity index (χ1v) is 7.31. The molecule has 0 saturated heterocycles. The fourth-order valence-corrected chi connectivity index (χ4v) is 2.54. The Morgan fingerprint density at radius 1 is 1.26 bits per heavy atom. The minimum Gasteiger partial charge on any atom is -0.348 e. The predicted molar refractivity (Wildman–Crippen MR) is 62.2 cm³/mol. The lowest BCUT2D eigenvalue weighted by atomic mass is 10.1. The molecule has 0 spiro atoms. The predicted octanol–water partition coefficient (Wildman–Crippen LogP) is 1.84. The summed E-state index contributed by atoms with van der Waals surface area (Å²) in [5.41, 5.74) is 0.236. The first-order chi connectivity index (χ1) is 8.62. The first kappa shape index (κ1) is 15.8. The van der Waals surface area contributed by atoms with Gasteiger partial charge in [0.05, 0.1) is 4.90 Å². The summed E-state index contributed by atoms with van der Waals surface area (Å²) in [5, 5.41) is 1.65. The third kappa shape index (κ3) is 4.71. The van der Waals surface area contributed by atoms with Crippen LogP contribution in [0.15, 0.2) is 29.2 Å². The summed E-state index contributed by atoms with van der Waals surface area (Å²) in [7, 11) is 1.21. The molecular formula is C10H9ClF3NO3S. The molecule has 0 aliphatic rings. The van der Waals surface area contributed by atoms with Crippen LogP contribution in [0.25, 0.3) is 0 Å². The van der Waals surface area contributed by atoms with Crippen molar-refractivity contribution in [2.45, 2.75) is 17.5 Å². The van der Waals surface area contributed by atoms with Crippen molar-refractivity contribution < 1.29 is 26.4 Å². The average Bonchev–Trinajstić information content (AvgIpc) is 2.27. The lowest BCUT2D eigenvalue weighted by Crippen LogP contribution is -2.37. The van der Waals surface area contributed by atoms with E-state index in [1.165, 1.54) is 24.3 Å². The van der Waals surface area contributed by atoms with Gasteiger partial charge in [-0.15, -0.1) is 0 Å². The second kappa shape index (κ2) is 5.79. The van der Waals surface area contributed by atoms with Crippen LogP contribution in [0.3, 0.4) is 0 Å². The second-order valence-electron chi connectivity index (χ2n) is 3.55. The molecular weight excluding hydrogens is 307 g/mol. The maximum absolute atomic E-state index is 11.9. The molecule has 0 aliphatic heterocycles. The van der Waals surface area contributed by atoms with Crippen molar-refractivity contribution in [3.8, 4) is 0 Å². The van der Waals surface area contributed by atoms with Crippen LogP contribution in [0.1, 0.15) is 5.56 Å². The maximum atomic E-state index is 11.9. The van der Waals surface area contributed by atoms with Crippen LogP contribution in [-0.4, -0.2) is 27.0 Å². The van der Waals surface area contributed by atoms with E-state index in [1.54, 1.807) is 5.32 Å². The zero-order valence-electron chi connectivity index (χ0n) is 9.37. The Hall–Kier alpha value is -1.28. The molecule has 0 radical (unpaired) electrons. The third-order valence-corrected chi connectivity index (χ3v) is 3.59. The molecule has 4 nitrogen and oxygen atoms in total. The number of benzene rings is 1. The summed E-state index contributed by atoms with van der Waals surface area (Å²) in [6.07, 6.45) is -5.04. The van der Waals surface area contributed by atoms with Gasteiger partial charge < -0.3 is 5.32 Å². The van der Waals surface area contributed by atoms with Gasteiger partial charge in [0.15, 0.2) is 0 Å². The normalized spacial score (nSPS) is 12.2. The van der Waals surface area contributed by atoms with Gasteiger partial charge >= 0.3 is 12.1 Å². The van der Waals surface area contributed by atoms with Gasteiger partial charge in [0, 0.05) is 17.2 Å². The van der Waals surface area contributed by atoms with Gasteiger partial charge in [-0.05, 0) is 18.1 Å². The highest BCUT2D eigenvalue weighted by Gasteiger charge is 2.38. The highest BCUT2D eigenvalue weighted by Crippen LogP contribution is 2.20. The van der Waals surface area contributed by atoms with Crippen molar-refractivity contribution in [1.82, 2.24) is 5.32 Å². The number of carbonyl (C=O) groups is 1. The van der Waals surface area contributed by atoms with Gasteiger partial charge in [-0.1, -0.05) is 18.2 Å². The van der Waals surface area contributed by atoms with E-state index in [-0.39, 0.29) is 23.4 Å². The number of halogens is 4. The number of hydrogen-bond acceptors (Lipinski definition) is 3. The fourth-order valence-electron chi connectivity index (χ4n) is 1.36. The van der Waals surface area contributed by atoms with E-state index in [4.69, 9.17) is 10.7 Å². The van der Waals surface area contributed by atoms with Crippen molar-refractivity contribution in [1.29, 1.82) is 0 Å². The molecule has 0 heterocycles. The van der Waals surface area contributed by atoms with Crippen LogP contribution in [0, 0.1) is 0 Å². The Morgan fingerprint density at radius 3 is 2.37 bits per heavy atom. The smallest absolute Gasteiger partial charge is 0.348 e. The van der Waals surface area contributed by atoms with E-state index in [0.29, 0.717) is 0 Å². The van der Waals surface area contributed by atoms with E-state index in [2.05, 4.69) is 0 Å². The van der Waals surface area contributed by atoms with Gasteiger partial charge in [-0.2, -0.15) is 13.2 Å². The molecule has 1 aromatic rings. The van der Waals surface area contributed by atoms with Crippen LogP contribution < -0.4 is 5.32 Å². The summed E-state index contributed by atoms with van der Waals surface area (Å²) < 4.78 is 58.2. The maximum Gasteiger partial charge on any atom is 0.471 e. The van der Waals surface area contributed by atoms with Gasteiger partial charge in [0.25, 0.3) is 9.05 Å². The average molecular weight is 316 g/mol. The summed E-state index contributed by atoms with van der Waals surface area (Å²) in [5.74, 6) is -2.07. The first-order valence-electron chi connectivity index (χ1n) is 5.00. The molecule has 19 heavy (non-hydrogen) atoms. The molecule has 0 unspecified atom stereocenters. The van der Waals surface area contributed by atoms with Crippen molar-refractivity contribution >= 4 is 25.6 Å². The second-order valence-corrected chi connectivity index (χ2v) is 6.08. The summed E-state index contributed by atoms with van der Waals surface area (Å²) in [4.78, 5) is 10.4. The minimum atomic E-state index is -4.96. The SMILES string of the molecule is O=C(NCCc1ccccc1S(=O)(=O)Cl)C(F)(F)F. The number of hydrogen-bond donors (Lipinski definition) is 1. The molecule has 0 aromatic heterocycles. The van der Waals surface area contributed by atoms with Crippen LogP contribution >= 0.6 is 10.7 Å². The molecule has 0 bridgehead atoms. The molecule has 0 fully saturated rings. The third-order valence-electron chi connectivity index (χ3n) is 2.17. The number of rotatable bonds is 4. The zero-order chi connectivity index (χ0) is 14.7. The van der Waals surface area contributed by atoms with Crippen molar-refractivity contribution in [2.24, 2.45) is 0 Å². The Morgan fingerprint density at radius 2 is 1.84 bits per heavy atom. The molecule has 0 saturated carbocycles. The Balaban J connectivity index is 2.73. The highest BCUT2D eigenvalue weighted by atomic mass is 35.7. The van der Waals surface area contributed by atoms with Crippen LogP contribution in [0.5, 0.6) is 0 Å². The molecule has 1 aromatic carbocycles. The lowest BCUT2D eigenvalue weighted by molar-refractivity contribution is -0.173. The number of carbonyl (C=O) groups excluding carboxylic acids is 1. The quantitative estimate of drug-likeness (QED) is 0.862. The van der Waals surface area contributed by atoms with Gasteiger partial charge in [0.2, 0.25) is 0 Å². The molecule has 1 rings (SSSR count). The van der Waals surface area contributed by atoms with Crippen molar-refractivity contribution in [3.05, 3.63) is 29.8 Å². The zero-order valence-corrected chi connectivity index (χ0v) is 10.9. The topological polar surface area (TPSA) is 63.2 Å². The number of amides is 1. The van der Waals surface area contributed by atoms with Crippen LogP contribution in [0.2, 0.25) is 0 Å². The number of alkyl halides is 3. The standard InChI is InChI=1S/C10H9ClF3NO3S/c11-19(17,18)8-4-2-1-3-7(8)5-6-15-9(16)10(12,13)14/h1-4H,5-6H2,(H,15,16). The van der Waals surface area contributed by atoms with Gasteiger partial charge in [-0.3, -0.25) is 4.79 Å². The Bertz CT molecular complexity index is 572. The van der Waals surface area contributed by atoms with Crippen LogP contribution in [0.4, 0.5) is 13.2 Å². The van der Waals surface area contributed by atoms with E-state index >= 15 is 0 Å². The summed E-state index contributed by atoms with van der Waals surface area (Å²) in [6, 6.07) is 5.61. The fraction of sp³-hybridized carbons (Fsp3) is 0.300. The summed E-state index contributed by atoms with van der Waals surface area (Å²) >= 11 is 0. The minimum absolute atomic E-state index is 0.0794. The molecule has 0 aliphatic carbocycles. The number of nitrogens with one attached hydrogen (secondary N) is 1. The van der Waals surface area contributed by atoms with E-state index in [9.17, 15) is 26.4 Å². The van der Waals surface area contributed by atoms with E-state index < -0.39 is 21.1 Å². The van der Waals surface area contributed by atoms with Crippen LogP contribution in [-0.2, 0) is 20.3 Å². The molecule has 0 atom stereocenters. The highest BCUT2D eigenvalue weighted by molar-refractivity contribution is 8.13. The monoisotopic (exact) mass is 315 g/mol. The summed E-state index contributed by atoms with van der Waals surface area (Å²) in [6.45, 7) is -0.345. The Kier molecular flexibility index (Phi) is 4.81. The molecule has 9 heteroatoms. The largest absolute Gasteiger partial charge is 0.471 e. The lowest BCUT2D eigenvalue weighted by Gasteiger charge is -2.09. The van der Waals surface area contributed by atoms with E-state index in [1.807, 2.05) is 0 Å². The molecule has 1 amide bonds. The van der Waals surface area contributed by atoms with Gasteiger partial charge in [0.1, 0.15) is 0 Å². The Labute approximate surface area is 112 Å². The van der Waals surface area contributed by atoms with Gasteiger partial charge in [-0.25, -0.2) is 8.42 Å². The van der Waals surface area contributed by atoms with E-state index in [0.717, 1.165) is 0 Å². The van der Waals surface area contributed by atoms with Crippen molar-refractivity contribution in [2.75, 3.05) is 6.54 Å².